The maximum Gasteiger partial charge on any atom is 0.269 e. The van der Waals surface area contributed by atoms with Crippen molar-refractivity contribution in [3.8, 4) is 5.95 Å². The number of nitrogens with zero attached hydrogens (tertiary/aromatic N) is 4. The number of amides is 1. The van der Waals surface area contributed by atoms with E-state index in [1.54, 1.807) is 12.3 Å². The second-order valence-electron chi connectivity index (χ2n) is 7.41. The molecule has 10 heteroatoms. The molecule has 4 rings (SSSR count). The number of carbonyl (C=O) groups excluding carboxylic acids is 1. The Morgan fingerprint density at radius 3 is 2.59 bits per heavy atom. The lowest BCUT2D eigenvalue weighted by Crippen LogP contribution is -2.19. The van der Waals surface area contributed by atoms with Crippen molar-refractivity contribution in [2.75, 3.05) is 0 Å². The highest BCUT2D eigenvalue weighted by molar-refractivity contribution is 5.90. The minimum absolute atomic E-state index is 0.0295. The first-order valence-electron chi connectivity index (χ1n) is 9.94. The Morgan fingerprint density at radius 2 is 1.91 bits per heavy atom. The van der Waals surface area contributed by atoms with Crippen LogP contribution in [-0.4, -0.2) is 25.7 Å². The molecule has 0 fully saturated rings. The number of nitrogens with two attached hydrogens (primary N) is 3. The number of aromatic nitrogens is 4. The number of rotatable bonds is 5. The van der Waals surface area contributed by atoms with Gasteiger partial charge in [-0.05, 0) is 55.2 Å². The molecule has 0 saturated heterocycles. The van der Waals surface area contributed by atoms with Gasteiger partial charge in [0.05, 0.1) is 11.3 Å². The van der Waals surface area contributed by atoms with E-state index in [1.165, 1.54) is 29.1 Å². The first-order chi connectivity index (χ1) is 15.3. The smallest absolute Gasteiger partial charge is 0.269 e. The zero-order valence-electron chi connectivity index (χ0n) is 17.0. The molecule has 164 valence electrons. The Bertz CT molecular complexity index is 1230. The lowest BCUT2D eigenvalue weighted by molar-refractivity contribution is 0.0995. The highest BCUT2D eigenvalue weighted by Crippen LogP contribution is 2.35. The molecule has 1 aliphatic rings. The summed E-state index contributed by atoms with van der Waals surface area (Å²) in [7, 11) is 0. The molecule has 2 aromatic heterocycles. The third kappa shape index (κ3) is 4.07. The van der Waals surface area contributed by atoms with E-state index in [4.69, 9.17) is 17.2 Å². The highest BCUT2D eigenvalue weighted by Gasteiger charge is 2.24. The van der Waals surface area contributed by atoms with Crippen LogP contribution < -0.4 is 17.2 Å². The average molecular weight is 437 g/mol. The zero-order valence-corrected chi connectivity index (χ0v) is 17.0. The second-order valence-corrected chi connectivity index (χ2v) is 7.41. The monoisotopic (exact) mass is 437 g/mol. The molecule has 1 aromatic carbocycles. The van der Waals surface area contributed by atoms with Gasteiger partial charge in [-0.2, -0.15) is 5.10 Å². The Morgan fingerprint density at radius 1 is 1.16 bits per heavy atom. The van der Waals surface area contributed by atoms with E-state index in [1.807, 2.05) is 0 Å². The lowest BCUT2D eigenvalue weighted by atomic mass is 9.84. The summed E-state index contributed by atoms with van der Waals surface area (Å²) in [5, 5.41) is 4.07. The number of carbonyl (C=O) groups is 1. The molecule has 0 spiro atoms. The fourth-order valence-electron chi connectivity index (χ4n) is 3.75. The highest BCUT2D eigenvalue weighted by atomic mass is 19.1. The van der Waals surface area contributed by atoms with Gasteiger partial charge in [-0.15, -0.1) is 0 Å². The van der Waals surface area contributed by atoms with Crippen LogP contribution in [0.4, 0.5) is 8.78 Å². The van der Waals surface area contributed by atoms with Crippen LogP contribution in [0.2, 0.25) is 0 Å². The van der Waals surface area contributed by atoms with Crippen LogP contribution in [0, 0.1) is 11.6 Å². The van der Waals surface area contributed by atoms with Gasteiger partial charge in [0.1, 0.15) is 17.3 Å². The van der Waals surface area contributed by atoms with Crippen molar-refractivity contribution in [3.05, 3.63) is 88.7 Å². The van der Waals surface area contributed by atoms with E-state index in [2.05, 4.69) is 15.1 Å². The summed E-state index contributed by atoms with van der Waals surface area (Å²) in [6.07, 6.45) is 6.78. The summed E-state index contributed by atoms with van der Waals surface area (Å²) in [5.74, 6) is -2.10. The Labute approximate surface area is 182 Å². The van der Waals surface area contributed by atoms with Gasteiger partial charge in [0.15, 0.2) is 0 Å². The largest absolute Gasteiger partial charge is 0.401 e. The molecule has 1 unspecified atom stereocenters. The molecular weight excluding hydrogens is 416 g/mol. The van der Waals surface area contributed by atoms with Gasteiger partial charge in [-0.25, -0.2) is 23.4 Å². The number of halogens is 2. The first kappa shape index (κ1) is 21.2. The molecule has 1 aliphatic carbocycles. The Kier molecular flexibility index (Phi) is 5.67. The standard InChI is InChI=1S/C22H21F2N7O/c23-14-5-2-6-15(24)19(14)16(25)11-12-3-1-4-13(20(12)26)17-7-9-28-22(29-17)31-10-8-18(30-31)21(27)32/h2,5-11,13H,1,3-4,25-26H2,(H2,27,32)/b16-11-. The van der Waals surface area contributed by atoms with Crippen LogP contribution in [0.15, 0.2) is 60.1 Å². The van der Waals surface area contributed by atoms with Gasteiger partial charge in [0.25, 0.3) is 11.9 Å². The predicted molar refractivity (Wildman–Crippen MR) is 114 cm³/mol. The molecule has 6 N–H and O–H groups in total. The molecule has 0 saturated carbocycles. The minimum atomic E-state index is -0.736. The summed E-state index contributed by atoms with van der Waals surface area (Å²) in [6.45, 7) is 0. The number of primary amides is 1. The topological polar surface area (TPSA) is 139 Å². The van der Waals surface area contributed by atoms with Crippen molar-refractivity contribution in [1.82, 2.24) is 19.7 Å². The third-order valence-corrected chi connectivity index (χ3v) is 5.33. The molecular formula is C22H21F2N7O. The SMILES string of the molecule is NC(=O)c1ccn(-c2nccc(C3CCCC(/C=C(\N)c4c(F)cccc4F)=C3N)n2)n1. The number of allylic oxidation sites excluding steroid dienone is 3. The molecule has 1 amide bonds. The number of benzene rings is 1. The molecule has 1 atom stereocenters. The van der Waals surface area contributed by atoms with E-state index in [0.717, 1.165) is 25.0 Å². The molecule has 0 bridgehead atoms. The quantitative estimate of drug-likeness (QED) is 0.561. The van der Waals surface area contributed by atoms with Gasteiger partial charge in [-0.1, -0.05) is 6.07 Å². The molecule has 2 heterocycles. The number of hydrogen-bond donors (Lipinski definition) is 3. The Hall–Kier alpha value is -4.08. The maximum atomic E-state index is 14.1. The predicted octanol–water partition coefficient (Wildman–Crippen LogP) is 2.52. The summed E-state index contributed by atoms with van der Waals surface area (Å²) in [4.78, 5) is 20.0. The first-order valence-corrected chi connectivity index (χ1v) is 9.94. The second kappa shape index (κ2) is 8.58. The van der Waals surface area contributed by atoms with Crippen molar-refractivity contribution < 1.29 is 13.6 Å². The van der Waals surface area contributed by atoms with E-state index in [0.29, 0.717) is 23.4 Å². The maximum absolute atomic E-state index is 14.1. The summed E-state index contributed by atoms with van der Waals surface area (Å²) >= 11 is 0. The van der Waals surface area contributed by atoms with Gasteiger partial charge in [0, 0.05) is 29.7 Å². The normalized spacial score (nSPS) is 16.9. The molecule has 0 aliphatic heterocycles. The van der Waals surface area contributed by atoms with E-state index < -0.39 is 17.5 Å². The van der Waals surface area contributed by atoms with Crippen LogP contribution in [0.5, 0.6) is 0 Å². The van der Waals surface area contributed by atoms with Crippen molar-refractivity contribution in [2.45, 2.75) is 25.2 Å². The summed E-state index contributed by atoms with van der Waals surface area (Å²) in [6, 6.07) is 6.81. The van der Waals surface area contributed by atoms with Gasteiger partial charge in [-0.3, -0.25) is 4.79 Å². The van der Waals surface area contributed by atoms with Gasteiger partial charge < -0.3 is 17.2 Å². The van der Waals surface area contributed by atoms with Crippen LogP contribution in [-0.2, 0) is 0 Å². The van der Waals surface area contributed by atoms with Crippen LogP contribution in [0.3, 0.4) is 0 Å². The van der Waals surface area contributed by atoms with Gasteiger partial charge >= 0.3 is 0 Å². The van der Waals surface area contributed by atoms with Crippen LogP contribution in [0.25, 0.3) is 11.6 Å². The minimum Gasteiger partial charge on any atom is -0.401 e. The number of hydrogen-bond acceptors (Lipinski definition) is 6. The van der Waals surface area contributed by atoms with E-state index >= 15 is 0 Å². The fourth-order valence-corrected chi connectivity index (χ4v) is 3.75. The average Bonchev–Trinajstić information content (AvgIpc) is 3.26. The third-order valence-electron chi connectivity index (χ3n) is 5.33. The zero-order chi connectivity index (χ0) is 22.8. The lowest BCUT2D eigenvalue weighted by Gasteiger charge is -2.25. The Balaban J connectivity index is 1.68. The van der Waals surface area contributed by atoms with Crippen molar-refractivity contribution in [2.24, 2.45) is 17.2 Å². The van der Waals surface area contributed by atoms with Gasteiger partial charge in [0.2, 0.25) is 0 Å². The molecule has 32 heavy (non-hydrogen) atoms. The van der Waals surface area contributed by atoms with Crippen molar-refractivity contribution in [3.63, 3.8) is 0 Å². The van der Waals surface area contributed by atoms with Crippen LogP contribution >= 0.6 is 0 Å². The molecule has 0 radical (unpaired) electrons. The van der Waals surface area contributed by atoms with E-state index in [9.17, 15) is 13.6 Å². The summed E-state index contributed by atoms with van der Waals surface area (Å²) in [5.41, 5.74) is 19.4. The molecule has 8 nitrogen and oxygen atoms in total. The van der Waals surface area contributed by atoms with Crippen molar-refractivity contribution in [1.29, 1.82) is 0 Å². The van der Waals surface area contributed by atoms with Crippen LogP contribution in [0.1, 0.15) is 46.9 Å². The molecule has 3 aromatic rings. The summed E-state index contributed by atoms with van der Waals surface area (Å²) < 4.78 is 29.5. The van der Waals surface area contributed by atoms with E-state index in [-0.39, 0.29) is 28.8 Å². The van der Waals surface area contributed by atoms with Crippen molar-refractivity contribution >= 4 is 11.6 Å². The fraction of sp³-hybridized carbons (Fsp3) is 0.182.